The third kappa shape index (κ3) is 5.02. The molecule has 26 heavy (non-hydrogen) atoms. The minimum Gasteiger partial charge on any atom is -0.493 e. The molecule has 0 atom stereocenters. The summed E-state index contributed by atoms with van der Waals surface area (Å²) < 4.78 is 29.4. The molecule has 0 unspecified atom stereocenters. The third-order valence-electron chi connectivity index (χ3n) is 3.82. The van der Waals surface area contributed by atoms with Gasteiger partial charge in [-0.1, -0.05) is 18.2 Å². The van der Waals surface area contributed by atoms with Crippen LogP contribution in [-0.2, 0) is 13.0 Å². The number of nitrogens with one attached hydrogen (secondary N) is 2. The Hall–Kier alpha value is -2.96. The zero-order valence-electron chi connectivity index (χ0n) is 15.1. The lowest BCUT2D eigenvalue weighted by Crippen LogP contribution is -2.36. The van der Waals surface area contributed by atoms with Crippen LogP contribution >= 0.6 is 0 Å². The number of carbonyl (C=O) groups is 1. The fourth-order valence-electron chi connectivity index (χ4n) is 2.48. The lowest BCUT2D eigenvalue weighted by molar-refractivity contribution is 0.240. The van der Waals surface area contributed by atoms with Crippen LogP contribution in [0, 0.1) is 5.82 Å². The molecule has 0 aromatic heterocycles. The number of halogens is 1. The molecule has 0 aliphatic heterocycles. The van der Waals surface area contributed by atoms with Gasteiger partial charge in [0.15, 0.2) is 11.5 Å². The van der Waals surface area contributed by atoms with E-state index in [1.54, 1.807) is 39.5 Å². The highest BCUT2D eigenvalue weighted by molar-refractivity contribution is 5.73. The van der Waals surface area contributed by atoms with Crippen LogP contribution in [0.1, 0.15) is 11.1 Å². The lowest BCUT2D eigenvalue weighted by atomic mass is 10.1. The monoisotopic (exact) mass is 362 g/mol. The Morgan fingerprint density at radius 3 is 2.23 bits per heavy atom. The van der Waals surface area contributed by atoms with Gasteiger partial charge in [-0.3, -0.25) is 0 Å². The van der Waals surface area contributed by atoms with Crippen LogP contribution in [0.3, 0.4) is 0 Å². The van der Waals surface area contributed by atoms with E-state index < -0.39 is 0 Å². The standard InChI is InChI=1S/C19H23FN2O4/c1-24-16-10-13(11-17(25-2)18(16)26-3)8-9-21-19(23)22-12-14-6-4-5-7-15(14)20/h4-7,10-11H,8-9,12H2,1-3H3,(H2,21,22,23). The van der Waals surface area contributed by atoms with Crippen LogP contribution in [0.15, 0.2) is 36.4 Å². The van der Waals surface area contributed by atoms with Crippen molar-refractivity contribution >= 4 is 6.03 Å². The van der Waals surface area contributed by atoms with Crippen LogP contribution in [0.2, 0.25) is 0 Å². The molecule has 2 aromatic carbocycles. The predicted octanol–water partition coefficient (Wildman–Crippen LogP) is 2.89. The highest BCUT2D eigenvalue weighted by atomic mass is 19.1. The second-order valence-electron chi connectivity index (χ2n) is 5.48. The molecule has 140 valence electrons. The topological polar surface area (TPSA) is 68.8 Å². The quantitative estimate of drug-likeness (QED) is 0.758. The van der Waals surface area contributed by atoms with Crippen molar-refractivity contribution in [3.05, 3.63) is 53.3 Å². The first-order valence-corrected chi connectivity index (χ1v) is 8.13. The zero-order chi connectivity index (χ0) is 18.9. The van der Waals surface area contributed by atoms with E-state index in [0.717, 1.165) is 5.56 Å². The molecule has 0 heterocycles. The third-order valence-corrected chi connectivity index (χ3v) is 3.82. The molecular formula is C19H23FN2O4. The molecule has 2 amide bonds. The summed E-state index contributed by atoms with van der Waals surface area (Å²) in [6.07, 6.45) is 0.573. The normalized spacial score (nSPS) is 10.2. The zero-order valence-corrected chi connectivity index (χ0v) is 15.1. The molecule has 2 aromatic rings. The summed E-state index contributed by atoms with van der Waals surface area (Å²) in [5, 5.41) is 5.37. The summed E-state index contributed by atoms with van der Waals surface area (Å²) in [6, 6.07) is 9.63. The van der Waals surface area contributed by atoms with Crippen LogP contribution in [0.25, 0.3) is 0 Å². The molecule has 0 radical (unpaired) electrons. The summed E-state index contributed by atoms with van der Waals surface area (Å²) in [7, 11) is 4.65. The largest absolute Gasteiger partial charge is 0.493 e. The van der Waals surface area contributed by atoms with Crippen molar-refractivity contribution in [3.63, 3.8) is 0 Å². The summed E-state index contributed by atoms with van der Waals surface area (Å²) in [6.45, 7) is 0.532. The van der Waals surface area contributed by atoms with Gasteiger partial charge in [-0.15, -0.1) is 0 Å². The highest BCUT2D eigenvalue weighted by Gasteiger charge is 2.13. The Bertz CT molecular complexity index is 727. The van der Waals surface area contributed by atoms with Crippen molar-refractivity contribution in [2.75, 3.05) is 27.9 Å². The van der Waals surface area contributed by atoms with Crippen molar-refractivity contribution in [3.8, 4) is 17.2 Å². The second kappa shape index (κ2) is 9.50. The van der Waals surface area contributed by atoms with Crippen LogP contribution in [-0.4, -0.2) is 33.9 Å². The summed E-state index contributed by atoms with van der Waals surface area (Å²) in [5.74, 6) is 1.30. The maximum absolute atomic E-state index is 13.5. The van der Waals surface area contributed by atoms with E-state index in [4.69, 9.17) is 14.2 Å². The van der Waals surface area contributed by atoms with Gasteiger partial charge >= 0.3 is 6.03 Å². The molecular weight excluding hydrogens is 339 g/mol. The first-order valence-electron chi connectivity index (χ1n) is 8.13. The Morgan fingerprint density at radius 2 is 1.65 bits per heavy atom. The van der Waals surface area contributed by atoms with Gasteiger partial charge in [-0.05, 0) is 30.2 Å². The van der Waals surface area contributed by atoms with Gasteiger partial charge in [0.25, 0.3) is 0 Å². The van der Waals surface area contributed by atoms with E-state index in [-0.39, 0.29) is 18.4 Å². The molecule has 0 aliphatic carbocycles. The molecule has 0 bridgehead atoms. The van der Waals surface area contributed by atoms with Gasteiger partial charge in [0, 0.05) is 18.7 Å². The Morgan fingerprint density at radius 1 is 1.00 bits per heavy atom. The molecule has 0 aliphatic rings. The molecule has 7 heteroatoms. The molecule has 2 rings (SSSR count). The number of benzene rings is 2. The Balaban J connectivity index is 1.87. The second-order valence-corrected chi connectivity index (χ2v) is 5.48. The van der Waals surface area contributed by atoms with Gasteiger partial charge in [0.1, 0.15) is 5.82 Å². The van der Waals surface area contributed by atoms with Gasteiger partial charge in [0.05, 0.1) is 21.3 Å². The number of ether oxygens (including phenoxy) is 3. The fourth-order valence-corrected chi connectivity index (χ4v) is 2.48. The maximum atomic E-state index is 13.5. The van der Waals surface area contributed by atoms with Crippen LogP contribution in [0.5, 0.6) is 17.2 Å². The lowest BCUT2D eigenvalue weighted by Gasteiger charge is -2.14. The minimum atomic E-state index is -0.360. The molecule has 0 saturated carbocycles. The van der Waals surface area contributed by atoms with Crippen molar-refractivity contribution in [1.82, 2.24) is 10.6 Å². The molecule has 0 fully saturated rings. The van der Waals surface area contributed by atoms with E-state index in [1.165, 1.54) is 6.07 Å². The van der Waals surface area contributed by atoms with E-state index >= 15 is 0 Å². The van der Waals surface area contributed by atoms with Crippen molar-refractivity contribution in [2.45, 2.75) is 13.0 Å². The number of carbonyl (C=O) groups excluding carboxylic acids is 1. The molecule has 0 saturated heterocycles. The van der Waals surface area contributed by atoms with E-state index in [1.807, 2.05) is 12.1 Å². The van der Waals surface area contributed by atoms with Gasteiger partial charge < -0.3 is 24.8 Å². The summed E-state index contributed by atoms with van der Waals surface area (Å²) in [5.41, 5.74) is 1.36. The van der Waals surface area contributed by atoms with Crippen LogP contribution in [0.4, 0.5) is 9.18 Å². The highest BCUT2D eigenvalue weighted by Crippen LogP contribution is 2.38. The number of hydrogen-bond acceptors (Lipinski definition) is 4. The van der Waals surface area contributed by atoms with Crippen LogP contribution < -0.4 is 24.8 Å². The number of rotatable bonds is 8. The fraction of sp³-hybridized carbons (Fsp3) is 0.316. The maximum Gasteiger partial charge on any atom is 0.315 e. The van der Waals surface area contributed by atoms with Crippen molar-refractivity contribution < 1.29 is 23.4 Å². The summed E-state index contributed by atoms with van der Waals surface area (Å²) in [4.78, 5) is 11.9. The first-order chi connectivity index (χ1) is 12.6. The van der Waals surface area contributed by atoms with Crippen molar-refractivity contribution in [1.29, 1.82) is 0 Å². The molecule has 6 nitrogen and oxygen atoms in total. The number of methoxy groups -OCH3 is 3. The Kier molecular flexibility index (Phi) is 7.08. The smallest absolute Gasteiger partial charge is 0.315 e. The van der Waals surface area contributed by atoms with Crippen molar-refractivity contribution in [2.24, 2.45) is 0 Å². The van der Waals surface area contributed by atoms with Gasteiger partial charge in [0.2, 0.25) is 5.75 Å². The van der Waals surface area contributed by atoms with Gasteiger partial charge in [-0.25, -0.2) is 9.18 Å². The average Bonchev–Trinajstić information content (AvgIpc) is 2.66. The van der Waals surface area contributed by atoms with E-state index in [0.29, 0.717) is 35.8 Å². The SMILES string of the molecule is COc1cc(CCNC(=O)NCc2ccccc2F)cc(OC)c1OC. The molecule has 2 N–H and O–H groups in total. The van der Waals surface area contributed by atoms with E-state index in [9.17, 15) is 9.18 Å². The predicted molar refractivity (Wildman–Crippen MR) is 96.4 cm³/mol. The average molecular weight is 362 g/mol. The first kappa shape index (κ1) is 19.4. The minimum absolute atomic E-state index is 0.128. The van der Waals surface area contributed by atoms with Gasteiger partial charge in [-0.2, -0.15) is 0 Å². The van der Waals surface area contributed by atoms with E-state index in [2.05, 4.69) is 10.6 Å². The number of urea groups is 1. The number of hydrogen-bond donors (Lipinski definition) is 2. The number of amides is 2. The Labute approximate surface area is 152 Å². The molecule has 0 spiro atoms. The summed E-state index contributed by atoms with van der Waals surface area (Å²) >= 11 is 0.